The Balaban J connectivity index is 2.29. The number of primary sulfonamides is 1. The lowest BCUT2D eigenvalue weighted by Gasteiger charge is -2.23. The predicted molar refractivity (Wildman–Crippen MR) is 79.1 cm³/mol. The van der Waals surface area contributed by atoms with Crippen LogP contribution in [0.15, 0.2) is 17.0 Å². The van der Waals surface area contributed by atoms with E-state index in [1.807, 2.05) is 0 Å². The molecule has 0 saturated carbocycles. The average molecular weight is 353 g/mol. The fourth-order valence-corrected chi connectivity index (χ4v) is 3.05. The van der Waals surface area contributed by atoms with Gasteiger partial charge in [-0.05, 0) is 25.0 Å². The molecule has 1 fully saturated rings. The molecule has 3 N–H and O–H groups in total. The second-order valence-electron chi connectivity index (χ2n) is 4.70. The second-order valence-corrected chi connectivity index (χ2v) is 7.05. The molecule has 6 nitrogen and oxygen atoms in total. The minimum atomic E-state index is -3.98. The van der Waals surface area contributed by atoms with Crippen LogP contribution < -0.4 is 10.5 Å². The van der Waals surface area contributed by atoms with Crippen molar-refractivity contribution in [3.63, 3.8) is 0 Å². The maximum absolute atomic E-state index is 12.2. The van der Waals surface area contributed by atoms with Crippen molar-refractivity contribution in [2.45, 2.75) is 23.8 Å². The van der Waals surface area contributed by atoms with Gasteiger partial charge >= 0.3 is 0 Å². The number of hydrogen-bond donors (Lipinski definition) is 2. The Kier molecular flexibility index (Phi) is 5.11. The molecule has 1 saturated heterocycles. The quantitative estimate of drug-likeness (QED) is 0.861. The maximum atomic E-state index is 12.2. The van der Waals surface area contributed by atoms with Gasteiger partial charge in [-0.3, -0.25) is 4.79 Å². The van der Waals surface area contributed by atoms with Crippen molar-refractivity contribution in [1.82, 2.24) is 5.32 Å². The normalized spacial score (nSPS) is 19.3. The lowest BCUT2D eigenvalue weighted by molar-refractivity contribution is 0.0624. The lowest BCUT2D eigenvalue weighted by Crippen LogP contribution is -2.40. The zero-order chi connectivity index (χ0) is 15.6. The number of amides is 1. The molecule has 1 aromatic rings. The summed E-state index contributed by atoms with van der Waals surface area (Å²) in [5, 5.41) is 7.72. The van der Waals surface area contributed by atoms with E-state index in [-0.39, 0.29) is 26.5 Å². The fourth-order valence-electron chi connectivity index (χ4n) is 2.01. The van der Waals surface area contributed by atoms with Crippen LogP contribution in [-0.2, 0) is 14.8 Å². The Labute approximate surface area is 132 Å². The third-order valence-electron chi connectivity index (χ3n) is 3.07. The van der Waals surface area contributed by atoms with E-state index in [4.69, 9.17) is 33.1 Å². The number of nitrogens with two attached hydrogens (primary N) is 1. The summed E-state index contributed by atoms with van der Waals surface area (Å²) in [5.41, 5.74) is -0.0289. The number of halogens is 2. The molecule has 1 aliphatic rings. The average Bonchev–Trinajstić information content (AvgIpc) is 2.41. The first-order chi connectivity index (χ1) is 9.79. The van der Waals surface area contributed by atoms with Crippen molar-refractivity contribution in [2.75, 3.05) is 13.2 Å². The maximum Gasteiger partial charge on any atom is 0.253 e. The van der Waals surface area contributed by atoms with Gasteiger partial charge in [0.2, 0.25) is 10.0 Å². The minimum Gasteiger partial charge on any atom is -0.379 e. The topological polar surface area (TPSA) is 98.5 Å². The molecule has 0 aliphatic carbocycles. The van der Waals surface area contributed by atoms with Crippen LogP contribution in [0, 0.1) is 0 Å². The van der Waals surface area contributed by atoms with E-state index in [1.165, 1.54) is 0 Å². The molecule has 1 unspecified atom stereocenters. The zero-order valence-corrected chi connectivity index (χ0v) is 13.3. The highest BCUT2D eigenvalue weighted by Crippen LogP contribution is 2.29. The summed E-state index contributed by atoms with van der Waals surface area (Å²) in [6.07, 6.45) is 1.63. The second kappa shape index (κ2) is 6.50. The van der Waals surface area contributed by atoms with Crippen LogP contribution in [0.4, 0.5) is 0 Å². The van der Waals surface area contributed by atoms with Crippen LogP contribution >= 0.6 is 23.2 Å². The Bertz CT molecular complexity index is 657. The highest BCUT2D eigenvalue weighted by Gasteiger charge is 2.22. The van der Waals surface area contributed by atoms with Gasteiger partial charge in [0.15, 0.2) is 0 Å². The summed E-state index contributed by atoms with van der Waals surface area (Å²) in [6, 6.07) is 2.08. The Morgan fingerprint density at radius 1 is 1.38 bits per heavy atom. The number of benzene rings is 1. The molecule has 116 valence electrons. The number of sulfonamides is 1. The largest absolute Gasteiger partial charge is 0.379 e. The van der Waals surface area contributed by atoms with Crippen molar-refractivity contribution in [3.05, 3.63) is 27.7 Å². The highest BCUT2D eigenvalue weighted by molar-refractivity contribution is 7.89. The molecule has 1 aliphatic heterocycles. The van der Waals surface area contributed by atoms with Crippen LogP contribution in [0.3, 0.4) is 0 Å². The molecular weight excluding hydrogens is 339 g/mol. The molecule has 1 amide bonds. The number of ether oxygens (including phenoxy) is 1. The predicted octanol–water partition coefficient (Wildman–Crippen LogP) is 1.55. The first-order valence-corrected chi connectivity index (χ1v) is 8.49. The van der Waals surface area contributed by atoms with Crippen molar-refractivity contribution < 1.29 is 17.9 Å². The number of hydrogen-bond acceptors (Lipinski definition) is 4. The summed E-state index contributed by atoms with van der Waals surface area (Å²) in [7, 11) is -3.98. The van der Waals surface area contributed by atoms with Gasteiger partial charge in [0.05, 0.1) is 33.2 Å². The lowest BCUT2D eigenvalue weighted by atomic mass is 10.1. The third kappa shape index (κ3) is 4.08. The first-order valence-electron chi connectivity index (χ1n) is 6.19. The summed E-state index contributed by atoms with van der Waals surface area (Å²) < 4.78 is 28.0. The van der Waals surface area contributed by atoms with Crippen LogP contribution in [0.1, 0.15) is 23.2 Å². The van der Waals surface area contributed by atoms with Crippen LogP contribution in [-0.4, -0.2) is 33.6 Å². The van der Waals surface area contributed by atoms with Crippen molar-refractivity contribution in [1.29, 1.82) is 0 Å². The molecule has 9 heteroatoms. The molecular formula is C12H14Cl2N2O4S. The van der Waals surface area contributed by atoms with Crippen molar-refractivity contribution >= 4 is 39.1 Å². The standard InChI is InChI=1S/C12H14Cl2N2O4S/c13-10-5-8(21(15,18)19)4-9(11(10)14)12(17)16-7-2-1-3-20-6-7/h4-5,7H,1-3,6H2,(H,16,17)(H2,15,18,19). The smallest absolute Gasteiger partial charge is 0.253 e. The van der Waals surface area contributed by atoms with Gasteiger partial charge in [-0.25, -0.2) is 13.6 Å². The molecule has 0 bridgehead atoms. The summed E-state index contributed by atoms with van der Waals surface area (Å²) in [5.74, 6) is -0.511. The van der Waals surface area contributed by atoms with Gasteiger partial charge in [0, 0.05) is 6.61 Å². The van der Waals surface area contributed by atoms with Crippen molar-refractivity contribution in [2.24, 2.45) is 5.14 Å². The van der Waals surface area contributed by atoms with Crippen LogP contribution in [0.25, 0.3) is 0 Å². The molecule has 1 atom stereocenters. The van der Waals surface area contributed by atoms with Gasteiger partial charge in [0.25, 0.3) is 5.91 Å². The zero-order valence-electron chi connectivity index (χ0n) is 10.9. The summed E-state index contributed by atoms with van der Waals surface area (Å²) >= 11 is 11.8. The van der Waals surface area contributed by atoms with E-state index in [0.29, 0.717) is 13.2 Å². The highest BCUT2D eigenvalue weighted by atomic mass is 35.5. The first kappa shape index (κ1) is 16.5. The Morgan fingerprint density at radius 3 is 2.67 bits per heavy atom. The monoisotopic (exact) mass is 352 g/mol. The molecule has 1 aromatic carbocycles. The third-order valence-corrected chi connectivity index (χ3v) is 4.77. The number of carbonyl (C=O) groups is 1. The van der Waals surface area contributed by atoms with E-state index in [9.17, 15) is 13.2 Å². The minimum absolute atomic E-state index is 0.0155. The van der Waals surface area contributed by atoms with Crippen LogP contribution in [0.2, 0.25) is 10.0 Å². The van der Waals surface area contributed by atoms with E-state index in [1.54, 1.807) is 0 Å². The van der Waals surface area contributed by atoms with Crippen LogP contribution in [0.5, 0.6) is 0 Å². The fraction of sp³-hybridized carbons (Fsp3) is 0.417. The van der Waals surface area contributed by atoms with Crippen molar-refractivity contribution in [3.8, 4) is 0 Å². The van der Waals surface area contributed by atoms with E-state index >= 15 is 0 Å². The molecule has 0 radical (unpaired) electrons. The number of rotatable bonds is 3. The van der Waals surface area contributed by atoms with Gasteiger partial charge in [0.1, 0.15) is 0 Å². The van der Waals surface area contributed by atoms with Gasteiger partial charge in [-0.15, -0.1) is 0 Å². The van der Waals surface area contributed by atoms with E-state index < -0.39 is 15.9 Å². The molecule has 2 rings (SSSR count). The SMILES string of the molecule is NS(=O)(=O)c1cc(Cl)c(Cl)c(C(=O)NC2CCCOC2)c1. The molecule has 0 aromatic heterocycles. The van der Waals surface area contributed by atoms with E-state index in [0.717, 1.165) is 25.0 Å². The van der Waals surface area contributed by atoms with Gasteiger partial charge < -0.3 is 10.1 Å². The summed E-state index contributed by atoms with van der Waals surface area (Å²) in [4.78, 5) is 12.0. The number of nitrogens with one attached hydrogen (secondary N) is 1. The Morgan fingerprint density at radius 2 is 2.10 bits per heavy atom. The van der Waals surface area contributed by atoms with Gasteiger partial charge in [-0.2, -0.15) is 0 Å². The van der Waals surface area contributed by atoms with Gasteiger partial charge in [-0.1, -0.05) is 23.2 Å². The van der Waals surface area contributed by atoms with E-state index in [2.05, 4.69) is 5.32 Å². The Hall–Kier alpha value is -0.860. The summed E-state index contributed by atoms with van der Waals surface area (Å²) in [6.45, 7) is 1.08. The number of carbonyl (C=O) groups excluding carboxylic acids is 1. The molecule has 21 heavy (non-hydrogen) atoms. The molecule has 0 spiro atoms. The molecule has 1 heterocycles.